The maximum Gasteiger partial charge on any atom is 0.143 e. The number of rotatable bonds is 7. The van der Waals surface area contributed by atoms with Crippen LogP contribution in [0.3, 0.4) is 0 Å². The molecule has 11 rings (SSSR count). The van der Waals surface area contributed by atoms with E-state index in [0.717, 1.165) is 76.9 Å². The standard InChI is InChI=1S/C56H37NO/c1-2-12-38(13-3-1)40-24-26-41(27-25-40)42-30-33-47(34-31-42)57(48-18-10-17-45(37-48)46-29-28-39-14-4-5-16-44(39)36-46)53-22-9-8-20-50(53)51-21-11-23-54-55(51)52-35-32-43-15-6-7-19-49(43)56(52)58-54/h1-37H/i30D,31D,33D,34D. The molecule has 0 bridgehead atoms. The quantitative estimate of drug-likeness (QED) is 0.162. The average molecular weight is 744 g/mol. The van der Waals surface area contributed by atoms with Crippen LogP contribution < -0.4 is 4.90 Å². The van der Waals surface area contributed by atoms with E-state index in [2.05, 4.69) is 78.9 Å². The van der Waals surface area contributed by atoms with E-state index < -0.39 is 0 Å². The Balaban J connectivity index is 1.14. The van der Waals surface area contributed by atoms with Gasteiger partial charge in [0.25, 0.3) is 0 Å². The third kappa shape index (κ3) is 5.91. The summed E-state index contributed by atoms with van der Waals surface area (Å²) in [7, 11) is 0. The van der Waals surface area contributed by atoms with E-state index in [1.54, 1.807) is 0 Å². The molecule has 1 aromatic heterocycles. The van der Waals surface area contributed by atoms with E-state index >= 15 is 0 Å². The SMILES string of the molecule is [2H]c1c([2H])c(N(c2cccc(-c3ccc4ccccc4c3)c2)c2ccccc2-c2cccc3oc4c5ccccc5ccc4c23)c([2H])c([2H])c1-c1ccc(-c2ccccc2)cc1. The van der Waals surface area contributed by atoms with Crippen LogP contribution in [0, 0.1) is 0 Å². The van der Waals surface area contributed by atoms with Gasteiger partial charge in [-0.05, 0) is 104 Å². The van der Waals surface area contributed by atoms with Gasteiger partial charge in [-0.3, -0.25) is 0 Å². The fourth-order valence-corrected chi connectivity index (χ4v) is 8.28. The van der Waals surface area contributed by atoms with Crippen molar-refractivity contribution in [2.24, 2.45) is 0 Å². The highest BCUT2D eigenvalue weighted by Crippen LogP contribution is 2.46. The fourth-order valence-electron chi connectivity index (χ4n) is 8.28. The van der Waals surface area contributed by atoms with Crippen molar-refractivity contribution in [1.29, 1.82) is 0 Å². The molecule has 0 N–H and O–H groups in total. The Hall–Kier alpha value is -7.68. The highest BCUT2D eigenvalue weighted by molar-refractivity contribution is 6.19. The molecule has 0 saturated carbocycles. The van der Waals surface area contributed by atoms with Crippen molar-refractivity contribution in [3.63, 3.8) is 0 Å². The van der Waals surface area contributed by atoms with E-state index in [0.29, 0.717) is 16.9 Å². The lowest BCUT2D eigenvalue weighted by molar-refractivity contribution is 0.673. The zero-order chi connectivity index (χ0) is 41.9. The van der Waals surface area contributed by atoms with Crippen LogP contribution in [0.25, 0.3) is 88.0 Å². The Bertz CT molecular complexity index is 3490. The molecular formula is C56H37NO. The van der Waals surface area contributed by atoms with Crippen LogP contribution in [-0.4, -0.2) is 0 Å². The number of para-hydroxylation sites is 1. The Morgan fingerprint density at radius 1 is 0.362 bits per heavy atom. The molecule has 2 nitrogen and oxygen atoms in total. The number of furan rings is 1. The molecule has 0 atom stereocenters. The second-order valence-corrected chi connectivity index (χ2v) is 14.6. The van der Waals surface area contributed by atoms with Crippen molar-refractivity contribution < 1.29 is 9.90 Å². The van der Waals surface area contributed by atoms with E-state index in [-0.39, 0.29) is 35.4 Å². The predicted molar refractivity (Wildman–Crippen MR) is 245 cm³/mol. The van der Waals surface area contributed by atoms with Gasteiger partial charge in [-0.2, -0.15) is 0 Å². The minimum absolute atomic E-state index is 0.114. The molecule has 0 aliphatic heterocycles. The molecule has 0 saturated heterocycles. The molecule has 272 valence electrons. The lowest BCUT2D eigenvalue weighted by atomic mass is 9.95. The zero-order valence-electron chi connectivity index (χ0n) is 35.4. The van der Waals surface area contributed by atoms with Gasteiger partial charge in [-0.1, -0.05) is 176 Å². The summed E-state index contributed by atoms with van der Waals surface area (Å²) in [4.78, 5) is 1.90. The van der Waals surface area contributed by atoms with Gasteiger partial charge in [0.05, 0.1) is 11.2 Å². The molecule has 58 heavy (non-hydrogen) atoms. The average Bonchev–Trinajstić information content (AvgIpc) is 3.73. The highest BCUT2D eigenvalue weighted by atomic mass is 16.3. The third-order valence-electron chi connectivity index (χ3n) is 11.1. The van der Waals surface area contributed by atoms with Gasteiger partial charge in [-0.25, -0.2) is 0 Å². The number of hydrogen-bond donors (Lipinski definition) is 0. The maximum absolute atomic E-state index is 9.76. The molecule has 0 spiro atoms. The van der Waals surface area contributed by atoms with Gasteiger partial charge in [0, 0.05) is 33.1 Å². The molecule has 0 radical (unpaired) electrons. The van der Waals surface area contributed by atoms with Crippen LogP contribution in [0.15, 0.2) is 229 Å². The summed E-state index contributed by atoms with van der Waals surface area (Å²) >= 11 is 0. The minimum atomic E-state index is -0.141. The summed E-state index contributed by atoms with van der Waals surface area (Å²) in [6.07, 6.45) is 0. The number of fused-ring (bicyclic) bond motifs is 6. The topological polar surface area (TPSA) is 16.4 Å². The van der Waals surface area contributed by atoms with Crippen LogP contribution in [0.2, 0.25) is 0 Å². The molecule has 0 fully saturated rings. The van der Waals surface area contributed by atoms with Gasteiger partial charge in [-0.15, -0.1) is 0 Å². The van der Waals surface area contributed by atoms with Crippen molar-refractivity contribution in [2.45, 2.75) is 0 Å². The van der Waals surface area contributed by atoms with Crippen molar-refractivity contribution in [1.82, 2.24) is 0 Å². The monoisotopic (exact) mass is 743 g/mol. The van der Waals surface area contributed by atoms with Gasteiger partial charge < -0.3 is 9.32 Å². The molecule has 2 heteroatoms. The van der Waals surface area contributed by atoms with Crippen molar-refractivity contribution in [3.05, 3.63) is 224 Å². The molecule has 1 heterocycles. The van der Waals surface area contributed by atoms with E-state index in [1.807, 2.05) is 126 Å². The first kappa shape index (κ1) is 29.6. The molecule has 0 amide bonds. The zero-order valence-corrected chi connectivity index (χ0v) is 31.4. The lowest BCUT2D eigenvalue weighted by Gasteiger charge is -2.28. The van der Waals surface area contributed by atoms with E-state index in [9.17, 15) is 5.48 Å². The normalized spacial score (nSPS) is 12.4. The van der Waals surface area contributed by atoms with Crippen molar-refractivity contribution in [2.75, 3.05) is 4.90 Å². The number of hydrogen-bond acceptors (Lipinski definition) is 2. The Morgan fingerprint density at radius 3 is 1.81 bits per heavy atom. The van der Waals surface area contributed by atoms with Crippen molar-refractivity contribution >= 4 is 60.5 Å². The number of anilines is 3. The molecule has 0 aliphatic rings. The Kier molecular flexibility index (Phi) is 7.20. The molecule has 0 aliphatic carbocycles. The van der Waals surface area contributed by atoms with Crippen LogP contribution in [0.5, 0.6) is 0 Å². The first-order chi connectivity index (χ1) is 30.4. The highest BCUT2D eigenvalue weighted by Gasteiger charge is 2.21. The molecule has 10 aromatic carbocycles. The lowest BCUT2D eigenvalue weighted by Crippen LogP contribution is -2.11. The summed E-state index contributed by atoms with van der Waals surface area (Å²) in [6.45, 7) is 0. The summed E-state index contributed by atoms with van der Waals surface area (Å²) in [5.41, 5.74) is 9.79. The van der Waals surface area contributed by atoms with Gasteiger partial charge >= 0.3 is 0 Å². The van der Waals surface area contributed by atoms with E-state index in [1.165, 1.54) is 0 Å². The number of benzene rings is 10. The fraction of sp³-hybridized carbons (Fsp3) is 0. The Morgan fingerprint density at radius 2 is 0.966 bits per heavy atom. The summed E-state index contributed by atoms with van der Waals surface area (Å²) in [6, 6.07) is 66.6. The first-order valence-electron chi connectivity index (χ1n) is 21.5. The second-order valence-electron chi connectivity index (χ2n) is 14.6. The molecule has 0 unspecified atom stereocenters. The van der Waals surface area contributed by atoms with Gasteiger partial charge in [0.15, 0.2) is 0 Å². The maximum atomic E-state index is 9.76. The van der Waals surface area contributed by atoms with Crippen LogP contribution in [-0.2, 0) is 0 Å². The summed E-state index contributed by atoms with van der Waals surface area (Å²) < 4.78 is 45.2. The van der Waals surface area contributed by atoms with Crippen LogP contribution in [0.1, 0.15) is 5.48 Å². The largest absolute Gasteiger partial charge is 0.455 e. The second kappa shape index (κ2) is 14.1. The van der Waals surface area contributed by atoms with Gasteiger partial charge in [0.1, 0.15) is 11.2 Å². The first-order valence-corrected chi connectivity index (χ1v) is 19.5. The number of nitrogens with zero attached hydrogens (tertiary/aromatic N) is 1. The predicted octanol–water partition coefficient (Wildman–Crippen LogP) is 16.0. The summed E-state index contributed by atoms with van der Waals surface area (Å²) in [5.74, 6) is 0. The van der Waals surface area contributed by atoms with Gasteiger partial charge in [0.2, 0.25) is 0 Å². The summed E-state index contributed by atoms with van der Waals surface area (Å²) in [5, 5.41) is 6.34. The minimum Gasteiger partial charge on any atom is -0.455 e. The molecule has 11 aromatic rings. The van der Waals surface area contributed by atoms with E-state index in [4.69, 9.17) is 4.42 Å². The van der Waals surface area contributed by atoms with Crippen LogP contribution in [0.4, 0.5) is 17.1 Å². The Labute approximate surface area is 343 Å². The smallest absolute Gasteiger partial charge is 0.143 e. The molecular weight excluding hydrogens is 703 g/mol. The van der Waals surface area contributed by atoms with Crippen molar-refractivity contribution in [3.8, 4) is 44.5 Å². The third-order valence-corrected chi connectivity index (χ3v) is 11.1. The van der Waals surface area contributed by atoms with Crippen LogP contribution >= 0.6 is 0 Å².